The van der Waals surface area contributed by atoms with Crippen LogP contribution in [0.2, 0.25) is 0 Å². The first-order chi connectivity index (χ1) is 21.5. The van der Waals surface area contributed by atoms with E-state index in [1.165, 1.54) is 37.4 Å². The van der Waals surface area contributed by atoms with Crippen LogP contribution in [0.1, 0.15) is 64.6 Å². The van der Waals surface area contributed by atoms with Gasteiger partial charge >= 0.3 is 6.18 Å². The second-order valence-electron chi connectivity index (χ2n) is 10.3. The standard InChI is InChI=1S/C35H34F3N3O4/c1-4-26(5-2)39-34(44)31(23-11-7-6-8-12-23)41-32(42)24-17-20-29(30(21-24)45-3)40-33(43)28-14-10-9-13-27(28)22-15-18-25(19-16-22)35(36,37)38/h6-21,26,31H,4-5H2,1-3H3,(H,39,44)(H,40,43)(H,41,42). The molecule has 0 bridgehead atoms. The number of carbonyl (C=O) groups is 3. The van der Waals surface area contributed by atoms with E-state index in [1.54, 1.807) is 48.5 Å². The molecule has 1 atom stereocenters. The lowest BCUT2D eigenvalue weighted by Crippen LogP contribution is -2.44. The van der Waals surface area contributed by atoms with Gasteiger partial charge in [0.15, 0.2) is 0 Å². The first kappa shape index (κ1) is 32.8. The third kappa shape index (κ3) is 8.08. The van der Waals surface area contributed by atoms with Crippen molar-refractivity contribution in [3.63, 3.8) is 0 Å². The summed E-state index contributed by atoms with van der Waals surface area (Å²) < 4.78 is 44.6. The minimum atomic E-state index is -4.48. The van der Waals surface area contributed by atoms with Gasteiger partial charge in [-0.05, 0) is 65.9 Å². The Morgan fingerprint density at radius 3 is 2.04 bits per heavy atom. The molecule has 4 aromatic carbocycles. The van der Waals surface area contributed by atoms with Crippen molar-refractivity contribution in [1.29, 1.82) is 0 Å². The van der Waals surface area contributed by atoms with Crippen molar-refractivity contribution in [3.05, 3.63) is 119 Å². The van der Waals surface area contributed by atoms with Gasteiger partial charge in [0.05, 0.1) is 18.4 Å². The number of rotatable bonds is 11. The predicted octanol–water partition coefficient (Wildman–Crippen LogP) is 7.41. The number of hydrogen-bond donors (Lipinski definition) is 3. The van der Waals surface area contributed by atoms with Gasteiger partial charge in [0.25, 0.3) is 11.8 Å². The molecule has 0 aliphatic carbocycles. The maximum absolute atomic E-state index is 13.4. The molecule has 1 unspecified atom stereocenters. The summed E-state index contributed by atoms with van der Waals surface area (Å²) in [5.74, 6) is -1.18. The molecule has 4 aromatic rings. The van der Waals surface area contributed by atoms with Gasteiger partial charge in [-0.3, -0.25) is 14.4 Å². The van der Waals surface area contributed by atoms with E-state index in [0.29, 0.717) is 16.7 Å². The van der Waals surface area contributed by atoms with E-state index in [1.807, 2.05) is 19.9 Å². The number of ether oxygens (including phenoxy) is 1. The van der Waals surface area contributed by atoms with Gasteiger partial charge in [0, 0.05) is 17.2 Å². The van der Waals surface area contributed by atoms with Gasteiger partial charge in [-0.25, -0.2) is 0 Å². The fourth-order valence-corrected chi connectivity index (χ4v) is 4.83. The molecule has 234 valence electrons. The summed E-state index contributed by atoms with van der Waals surface area (Å²) in [7, 11) is 1.39. The highest BCUT2D eigenvalue weighted by Gasteiger charge is 2.30. The Kier molecular flexibility index (Phi) is 10.6. The molecule has 0 heterocycles. The lowest BCUT2D eigenvalue weighted by atomic mass is 9.98. The number of halogens is 3. The van der Waals surface area contributed by atoms with Crippen LogP contribution < -0.4 is 20.7 Å². The number of anilines is 1. The number of benzene rings is 4. The van der Waals surface area contributed by atoms with Crippen LogP contribution in [0, 0.1) is 0 Å². The van der Waals surface area contributed by atoms with Crippen molar-refractivity contribution < 1.29 is 32.3 Å². The molecular weight excluding hydrogens is 583 g/mol. The quantitative estimate of drug-likeness (QED) is 0.163. The van der Waals surface area contributed by atoms with Crippen molar-refractivity contribution in [3.8, 4) is 16.9 Å². The summed E-state index contributed by atoms with van der Waals surface area (Å²) in [6, 6.07) is 23.5. The number of hydrogen-bond acceptors (Lipinski definition) is 4. The Morgan fingerprint density at radius 1 is 0.778 bits per heavy atom. The lowest BCUT2D eigenvalue weighted by Gasteiger charge is -2.22. The number of amides is 3. The lowest BCUT2D eigenvalue weighted by molar-refractivity contribution is -0.137. The highest BCUT2D eigenvalue weighted by molar-refractivity contribution is 6.09. The minimum absolute atomic E-state index is 0.0343. The summed E-state index contributed by atoms with van der Waals surface area (Å²) in [5, 5.41) is 8.57. The molecule has 3 N–H and O–H groups in total. The van der Waals surface area contributed by atoms with E-state index < -0.39 is 29.6 Å². The average Bonchev–Trinajstić information content (AvgIpc) is 3.06. The summed E-state index contributed by atoms with van der Waals surface area (Å²) in [6.45, 7) is 3.95. The number of methoxy groups -OCH3 is 1. The van der Waals surface area contributed by atoms with Gasteiger partial charge < -0.3 is 20.7 Å². The van der Waals surface area contributed by atoms with Gasteiger partial charge in [-0.2, -0.15) is 13.2 Å². The van der Waals surface area contributed by atoms with Crippen LogP contribution in [-0.2, 0) is 11.0 Å². The highest BCUT2D eigenvalue weighted by Crippen LogP contribution is 2.33. The molecule has 0 fully saturated rings. The van der Waals surface area contributed by atoms with Crippen LogP contribution in [0.4, 0.5) is 18.9 Å². The van der Waals surface area contributed by atoms with Gasteiger partial charge in [-0.1, -0.05) is 74.5 Å². The third-order valence-electron chi connectivity index (χ3n) is 7.41. The molecule has 3 amide bonds. The number of alkyl halides is 3. The normalized spacial score (nSPS) is 11.9. The van der Waals surface area contributed by atoms with Crippen LogP contribution in [0.3, 0.4) is 0 Å². The molecule has 4 rings (SSSR count). The van der Waals surface area contributed by atoms with Crippen molar-refractivity contribution in [2.75, 3.05) is 12.4 Å². The minimum Gasteiger partial charge on any atom is -0.495 e. The van der Waals surface area contributed by atoms with Crippen molar-refractivity contribution in [2.45, 2.75) is 44.9 Å². The Morgan fingerprint density at radius 2 is 1.42 bits per heavy atom. The van der Waals surface area contributed by atoms with Crippen LogP contribution >= 0.6 is 0 Å². The topological polar surface area (TPSA) is 96.5 Å². The Hall–Kier alpha value is -5.12. The Balaban J connectivity index is 1.55. The molecule has 10 heteroatoms. The average molecular weight is 618 g/mol. The molecule has 0 radical (unpaired) electrons. The van der Waals surface area contributed by atoms with E-state index in [0.717, 1.165) is 25.0 Å². The smallest absolute Gasteiger partial charge is 0.416 e. The zero-order valence-electron chi connectivity index (χ0n) is 25.1. The first-order valence-electron chi connectivity index (χ1n) is 14.5. The third-order valence-corrected chi connectivity index (χ3v) is 7.41. The summed E-state index contributed by atoms with van der Waals surface area (Å²) in [6.07, 6.45) is -2.98. The predicted molar refractivity (Wildman–Crippen MR) is 167 cm³/mol. The van der Waals surface area contributed by atoms with E-state index >= 15 is 0 Å². The van der Waals surface area contributed by atoms with Crippen molar-refractivity contribution >= 4 is 23.4 Å². The fraction of sp³-hybridized carbons (Fsp3) is 0.229. The van der Waals surface area contributed by atoms with Crippen molar-refractivity contribution in [2.24, 2.45) is 0 Å². The summed E-state index contributed by atoms with van der Waals surface area (Å²) in [5.41, 5.74) is 1.42. The maximum Gasteiger partial charge on any atom is 0.416 e. The first-order valence-corrected chi connectivity index (χ1v) is 14.5. The Labute approximate surface area is 259 Å². The van der Waals surface area contributed by atoms with Crippen molar-refractivity contribution in [1.82, 2.24) is 10.6 Å². The second-order valence-corrected chi connectivity index (χ2v) is 10.3. The van der Waals surface area contributed by atoms with E-state index in [4.69, 9.17) is 4.74 Å². The van der Waals surface area contributed by atoms with E-state index in [9.17, 15) is 27.6 Å². The SMILES string of the molecule is CCC(CC)NC(=O)C(NC(=O)c1ccc(NC(=O)c2ccccc2-c2ccc(C(F)(F)F)cc2)c(OC)c1)c1ccccc1. The number of carbonyl (C=O) groups excluding carboxylic acids is 3. The number of nitrogens with one attached hydrogen (secondary N) is 3. The van der Waals surface area contributed by atoms with Crippen LogP contribution in [-0.4, -0.2) is 30.9 Å². The van der Waals surface area contributed by atoms with Crippen LogP contribution in [0.25, 0.3) is 11.1 Å². The second kappa shape index (κ2) is 14.6. The maximum atomic E-state index is 13.4. The molecule has 0 saturated heterocycles. The molecule has 0 spiro atoms. The van der Waals surface area contributed by atoms with Gasteiger partial charge in [-0.15, -0.1) is 0 Å². The largest absolute Gasteiger partial charge is 0.495 e. The van der Waals surface area contributed by atoms with E-state index in [2.05, 4.69) is 16.0 Å². The van der Waals surface area contributed by atoms with Crippen LogP contribution in [0.15, 0.2) is 97.1 Å². The molecular formula is C35H34F3N3O4. The fourth-order valence-electron chi connectivity index (χ4n) is 4.83. The van der Waals surface area contributed by atoms with Gasteiger partial charge in [0.2, 0.25) is 5.91 Å². The van der Waals surface area contributed by atoms with E-state index in [-0.39, 0.29) is 34.5 Å². The summed E-state index contributed by atoms with van der Waals surface area (Å²) in [4.78, 5) is 39.9. The molecule has 45 heavy (non-hydrogen) atoms. The zero-order chi connectivity index (χ0) is 32.6. The monoisotopic (exact) mass is 617 g/mol. The molecule has 0 aliphatic rings. The molecule has 7 nitrogen and oxygen atoms in total. The molecule has 0 aromatic heterocycles. The van der Waals surface area contributed by atoms with Crippen LogP contribution in [0.5, 0.6) is 5.75 Å². The zero-order valence-corrected chi connectivity index (χ0v) is 25.1. The summed E-state index contributed by atoms with van der Waals surface area (Å²) >= 11 is 0. The highest BCUT2D eigenvalue weighted by atomic mass is 19.4. The Bertz CT molecular complexity index is 1640. The van der Waals surface area contributed by atoms with Gasteiger partial charge in [0.1, 0.15) is 11.8 Å². The molecule has 0 saturated carbocycles. The molecule has 0 aliphatic heterocycles.